The minimum absolute atomic E-state index is 0.123. The maximum Gasteiger partial charge on any atom is 0.307 e. The minimum atomic E-state index is -2.59. The van der Waals surface area contributed by atoms with Gasteiger partial charge in [-0.15, -0.1) is 0 Å². The van der Waals surface area contributed by atoms with Gasteiger partial charge in [0.05, 0.1) is 19.1 Å². The number of hydrogen-bond donors (Lipinski definition) is 0. The van der Waals surface area contributed by atoms with Gasteiger partial charge in [0, 0.05) is 6.20 Å². The molecule has 4 nitrogen and oxygen atoms in total. The van der Waals surface area contributed by atoms with Crippen molar-refractivity contribution in [2.45, 2.75) is 32.7 Å². The van der Waals surface area contributed by atoms with Gasteiger partial charge in [-0.1, -0.05) is 0 Å². The average molecular weight is 232 g/mol. The minimum Gasteiger partial charge on any atom is -0.466 e. The first-order chi connectivity index (χ1) is 7.54. The van der Waals surface area contributed by atoms with Crippen LogP contribution < -0.4 is 0 Å². The summed E-state index contributed by atoms with van der Waals surface area (Å²) in [6.07, 6.45) is -1.03. The summed E-state index contributed by atoms with van der Waals surface area (Å²) in [5.74, 6) is -0.357. The van der Waals surface area contributed by atoms with E-state index in [9.17, 15) is 13.6 Å². The van der Waals surface area contributed by atoms with E-state index in [-0.39, 0.29) is 24.1 Å². The van der Waals surface area contributed by atoms with Crippen LogP contribution in [0.2, 0.25) is 0 Å². The van der Waals surface area contributed by atoms with E-state index >= 15 is 0 Å². The predicted octanol–water partition coefficient (Wildman–Crippen LogP) is 2.33. The van der Waals surface area contributed by atoms with Crippen molar-refractivity contribution >= 4 is 5.97 Å². The molecule has 1 aromatic rings. The van der Waals surface area contributed by atoms with Crippen molar-refractivity contribution in [3.8, 4) is 0 Å². The topological polar surface area (TPSA) is 44.1 Å². The summed E-state index contributed by atoms with van der Waals surface area (Å²) in [4.78, 5) is 11.2. The van der Waals surface area contributed by atoms with Crippen LogP contribution >= 0.6 is 0 Å². The highest BCUT2D eigenvalue weighted by atomic mass is 19.3. The number of rotatable bonds is 5. The first-order valence-corrected chi connectivity index (χ1v) is 5.03. The fraction of sp³-hybridized carbons (Fsp3) is 0.600. The number of nitrogens with zero attached hydrogens (tertiary/aromatic N) is 2. The molecular weight excluding hydrogens is 218 g/mol. The number of halogens is 2. The van der Waals surface area contributed by atoms with Crippen LogP contribution in [-0.4, -0.2) is 22.4 Å². The largest absolute Gasteiger partial charge is 0.466 e. The van der Waals surface area contributed by atoms with Crippen molar-refractivity contribution in [2.24, 2.45) is 0 Å². The summed E-state index contributed by atoms with van der Waals surface area (Å²) in [5.41, 5.74) is -0.282. The monoisotopic (exact) mass is 232 g/mol. The number of aromatic nitrogens is 2. The van der Waals surface area contributed by atoms with Gasteiger partial charge in [0.15, 0.2) is 0 Å². The molecule has 0 fully saturated rings. The molecule has 0 bridgehead atoms. The molecule has 0 N–H and O–H groups in total. The van der Waals surface area contributed by atoms with E-state index in [1.54, 1.807) is 13.8 Å². The van der Waals surface area contributed by atoms with Gasteiger partial charge in [0.1, 0.15) is 5.69 Å². The molecule has 1 heterocycles. The highest BCUT2D eigenvalue weighted by Crippen LogP contribution is 2.18. The zero-order valence-corrected chi connectivity index (χ0v) is 9.19. The van der Waals surface area contributed by atoms with Crippen LogP contribution in [0.25, 0.3) is 0 Å². The van der Waals surface area contributed by atoms with Gasteiger partial charge in [0.25, 0.3) is 6.43 Å². The lowest BCUT2D eigenvalue weighted by Crippen LogP contribution is -2.14. The molecule has 1 unspecified atom stereocenters. The number of hydrogen-bond acceptors (Lipinski definition) is 3. The molecular formula is C10H14F2N2O2. The van der Waals surface area contributed by atoms with E-state index in [2.05, 4.69) is 5.10 Å². The van der Waals surface area contributed by atoms with E-state index in [4.69, 9.17) is 4.74 Å². The average Bonchev–Trinajstić information content (AvgIpc) is 2.66. The maximum absolute atomic E-state index is 12.3. The number of carbonyl (C=O) groups excluding carboxylic acids is 1. The quantitative estimate of drug-likeness (QED) is 0.732. The van der Waals surface area contributed by atoms with Crippen molar-refractivity contribution in [2.75, 3.05) is 6.61 Å². The number of ether oxygens (including phenoxy) is 1. The van der Waals surface area contributed by atoms with Crippen molar-refractivity contribution in [3.05, 3.63) is 18.0 Å². The molecule has 90 valence electrons. The second-order valence-corrected chi connectivity index (χ2v) is 3.38. The van der Waals surface area contributed by atoms with Crippen LogP contribution in [-0.2, 0) is 9.53 Å². The first kappa shape index (κ1) is 12.6. The van der Waals surface area contributed by atoms with Crippen LogP contribution in [0, 0.1) is 0 Å². The molecule has 0 saturated carbocycles. The molecule has 1 rings (SSSR count). The Bertz CT molecular complexity index is 352. The number of carbonyl (C=O) groups is 1. The lowest BCUT2D eigenvalue weighted by molar-refractivity contribution is -0.143. The molecule has 0 amide bonds. The van der Waals surface area contributed by atoms with Gasteiger partial charge in [-0.05, 0) is 19.9 Å². The smallest absolute Gasteiger partial charge is 0.307 e. The number of esters is 1. The fourth-order valence-corrected chi connectivity index (χ4v) is 1.27. The Morgan fingerprint density at radius 3 is 2.81 bits per heavy atom. The Morgan fingerprint density at radius 1 is 1.62 bits per heavy atom. The third-order valence-electron chi connectivity index (χ3n) is 2.07. The molecule has 0 aliphatic heterocycles. The van der Waals surface area contributed by atoms with E-state index in [0.717, 1.165) is 0 Å². The van der Waals surface area contributed by atoms with Gasteiger partial charge in [0.2, 0.25) is 0 Å². The molecule has 1 aromatic heterocycles. The first-order valence-electron chi connectivity index (χ1n) is 5.03. The summed E-state index contributed by atoms with van der Waals surface area (Å²) < 4.78 is 30.6. The van der Waals surface area contributed by atoms with Gasteiger partial charge in [-0.25, -0.2) is 8.78 Å². The summed E-state index contributed by atoms with van der Waals surface area (Å²) >= 11 is 0. The van der Waals surface area contributed by atoms with Crippen LogP contribution in [0.4, 0.5) is 8.78 Å². The highest BCUT2D eigenvalue weighted by Gasteiger charge is 2.15. The Balaban J connectivity index is 2.58. The van der Waals surface area contributed by atoms with E-state index in [1.165, 1.54) is 16.9 Å². The van der Waals surface area contributed by atoms with Gasteiger partial charge in [-0.3, -0.25) is 9.48 Å². The zero-order chi connectivity index (χ0) is 12.1. The third-order valence-corrected chi connectivity index (χ3v) is 2.07. The van der Waals surface area contributed by atoms with E-state index in [0.29, 0.717) is 6.61 Å². The molecule has 0 aliphatic carbocycles. The van der Waals surface area contributed by atoms with Crippen LogP contribution in [0.1, 0.15) is 38.4 Å². The van der Waals surface area contributed by atoms with Crippen LogP contribution in [0.15, 0.2) is 12.3 Å². The Morgan fingerprint density at radius 2 is 2.31 bits per heavy atom. The normalized spacial score (nSPS) is 12.8. The molecule has 6 heteroatoms. The van der Waals surface area contributed by atoms with E-state index in [1.807, 2.05) is 0 Å². The van der Waals surface area contributed by atoms with Crippen molar-refractivity contribution < 1.29 is 18.3 Å². The fourth-order valence-electron chi connectivity index (χ4n) is 1.27. The Kier molecular flexibility index (Phi) is 4.39. The Labute approximate surface area is 92.2 Å². The summed E-state index contributed by atoms with van der Waals surface area (Å²) in [5, 5.41) is 3.68. The SMILES string of the molecule is CCOC(=O)CC(C)n1ccc(C(F)F)n1. The highest BCUT2D eigenvalue weighted by molar-refractivity contribution is 5.69. The molecule has 0 saturated heterocycles. The molecule has 16 heavy (non-hydrogen) atoms. The molecule has 0 radical (unpaired) electrons. The summed E-state index contributed by atoms with van der Waals surface area (Å²) in [6.45, 7) is 3.75. The predicted molar refractivity (Wildman–Crippen MR) is 53.1 cm³/mol. The van der Waals surface area contributed by atoms with Crippen molar-refractivity contribution in [3.63, 3.8) is 0 Å². The summed E-state index contributed by atoms with van der Waals surface area (Å²) in [7, 11) is 0. The third kappa shape index (κ3) is 3.29. The Hall–Kier alpha value is -1.46. The van der Waals surface area contributed by atoms with Crippen LogP contribution in [0.3, 0.4) is 0 Å². The van der Waals surface area contributed by atoms with Gasteiger partial charge >= 0.3 is 5.97 Å². The van der Waals surface area contributed by atoms with Crippen LogP contribution in [0.5, 0.6) is 0 Å². The standard InChI is InChI=1S/C10H14F2N2O2/c1-3-16-9(15)6-7(2)14-5-4-8(13-14)10(11)12/h4-5,7,10H,3,6H2,1-2H3. The lowest BCUT2D eigenvalue weighted by atomic mass is 10.2. The molecule has 1 atom stereocenters. The van der Waals surface area contributed by atoms with Crippen molar-refractivity contribution in [1.29, 1.82) is 0 Å². The van der Waals surface area contributed by atoms with Crippen molar-refractivity contribution in [1.82, 2.24) is 9.78 Å². The molecule has 0 spiro atoms. The summed E-state index contributed by atoms with van der Waals surface area (Å²) in [6, 6.07) is 0.957. The lowest BCUT2D eigenvalue weighted by Gasteiger charge is -2.10. The maximum atomic E-state index is 12.3. The zero-order valence-electron chi connectivity index (χ0n) is 9.19. The van der Waals surface area contributed by atoms with E-state index < -0.39 is 6.43 Å². The van der Waals surface area contributed by atoms with Gasteiger partial charge < -0.3 is 4.74 Å². The molecule has 0 aromatic carbocycles. The second-order valence-electron chi connectivity index (χ2n) is 3.38. The number of alkyl halides is 2. The second kappa shape index (κ2) is 5.58. The molecule has 0 aliphatic rings. The van der Waals surface area contributed by atoms with Gasteiger partial charge in [-0.2, -0.15) is 5.10 Å².